The van der Waals surface area contributed by atoms with Crippen LogP contribution in [0, 0.1) is 0 Å². The highest BCUT2D eigenvalue weighted by Crippen LogP contribution is 2.22. The summed E-state index contributed by atoms with van der Waals surface area (Å²) >= 11 is 5.97. The van der Waals surface area contributed by atoms with Gasteiger partial charge in [0.2, 0.25) is 11.9 Å². The van der Waals surface area contributed by atoms with Gasteiger partial charge >= 0.3 is 0 Å². The summed E-state index contributed by atoms with van der Waals surface area (Å²) in [5.41, 5.74) is 8.61. The molecule has 0 saturated carbocycles. The molecule has 9 heteroatoms. The number of aromatic nitrogens is 2. The number of carbonyl (C=O) groups excluding carboxylic acids is 2. The molecule has 0 radical (unpaired) electrons. The third-order valence-electron chi connectivity index (χ3n) is 5.95. The van der Waals surface area contributed by atoms with Gasteiger partial charge in [-0.05, 0) is 61.9 Å². The van der Waals surface area contributed by atoms with E-state index in [0.717, 1.165) is 29.8 Å². The van der Waals surface area contributed by atoms with Crippen LogP contribution in [0.4, 0.5) is 11.6 Å². The van der Waals surface area contributed by atoms with Crippen molar-refractivity contribution in [3.8, 4) is 11.3 Å². The number of nitrogens with two attached hydrogens (primary N) is 1. The number of benzene rings is 2. The van der Waals surface area contributed by atoms with Crippen molar-refractivity contribution >= 4 is 35.1 Å². The zero-order valence-electron chi connectivity index (χ0n) is 19.5. The number of halogens is 1. The van der Waals surface area contributed by atoms with Gasteiger partial charge in [-0.15, -0.1) is 0 Å². The van der Waals surface area contributed by atoms with Crippen molar-refractivity contribution in [1.29, 1.82) is 0 Å². The molecule has 3 aromatic rings. The Morgan fingerprint density at radius 2 is 1.60 bits per heavy atom. The molecule has 182 valence electrons. The van der Waals surface area contributed by atoms with Crippen LogP contribution in [0.15, 0.2) is 60.8 Å². The van der Waals surface area contributed by atoms with Crippen molar-refractivity contribution in [2.75, 3.05) is 38.0 Å². The van der Waals surface area contributed by atoms with E-state index in [0.29, 0.717) is 55.7 Å². The summed E-state index contributed by atoms with van der Waals surface area (Å²) in [7, 11) is 0. The average Bonchev–Trinajstić information content (AvgIpc) is 2.89. The summed E-state index contributed by atoms with van der Waals surface area (Å²) in [6.45, 7) is 2.80. The molecule has 35 heavy (non-hydrogen) atoms. The van der Waals surface area contributed by atoms with Gasteiger partial charge in [0.15, 0.2) is 0 Å². The van der Waals surface area contributed by atoms with Gasteiger partial charge in [-0.2, -0.15) is 0 Å². The van der Waals surface area contributed by atoms with Crippen LogP contribution in [0.1, 0.15) is 29.6 Å². The standard InChI is InChI=1S/C26H29ClN6O2/c27-21-8-4-19(5-9-21)23-12-14-29-26(31-23)30-22-10-6-20(7-11-22)25(35)33-17-15-32(16-18-33)24(34)3-1-2-13-28/h4-12,14H,1-3,13,15-18,28H2,(H,29,30,31). The summed E-state index contributed by atoms with van der Waals surface area (Å²) in [5.74, 6) is 0.569. The first-order valence-corrected chi connectivity index (χ1v) is 12.1. The molecule has 8 nitrogen and oxygen atoms in total. The van der Waals surface area contributed by atoms with Crippen LogP contribution in [0.5, 0.6) is 0 Å². The lowest BCUT2D eigenvalue weighted by molar-refractivity contribution is -0.132. The normalized spacial score (nSPS) is 13.5. The Balaban J connectivity index is 1.32. The fourth-order valence-corrected chi connectivity index (χ4v) is 4.07. The molecule has 2 amide bonds. The molecule has 2 aromatic carbocycles. The molecule has 0 spiro atoms. The van der Waals surface area contributed by atoms with Crippen molar-refractivity contribution in [1.82, 2.24) is 19.8 Å². The Morgan fingerprint density at radius 1 is 0.914 bits per heavy atom. The lowest BCUT2D eigenvalue weighted by atomic mass is 10.1. The van der Waals surface area contributed by atoms with Crippen LogP contribution in [0.25, 0.3) is 11.3 Å². The molecule has 1 aliphatic rings. The van der Waals surface area contributed by atoms with Crippen LogP contribution in [0.3, 0.4) is 0 Å². The molecule has 4 rings (SSSR count). The maximum Gasteiger partial charge on any atom is 0.253 e. The first-order chi connectivity index (χ1) is 17.0. The van der Waals surface area contributed by atoms with Crippen molar-refractivity contribution in [3.05, 3.63) is 71.4 Å². The topological polar surface area (TPSA) is 104 Å². The van der Waals surface area contributed by atoms with Gasteiger partial charge in [-0.25, -0.2) is 9.97 Å². The minimum atomic E-state index is -0.0345. The molecule has 0 atom stereocenters. The molecule has 1 saturated heterocycles. The zero-order valence-corrected chi connectivity index (χ0v) is 20.2. The largest absolute Gasteiger partial charge is 0.339 e. The number of rotatable bonds is 8. The second-order valence-electron chi connectivity index (χ2n) is 8.39. The quantitative estimate of drug-likeness (QED) is 0.461. The van der Waals surface area contributed by atoms with Gasteiger partial charge in [-0.3, -0.25) is 9.59 Å². The molecule has 0 bridgehead atoms. The van der Waals surface area contributed by atoms with Gasteiger partial charge < -0.3 is 20.9 Å². The summed E-state index contributed by atoms with van der Waals surface area (Å²) in [6, 6.07) is 16.6. The first kappa shape index (κ1) is 24.6. The van der Waals surface area contributed by atoms with Crippen molar-refractivity contribution in [2.45, 2.75) is 19.3 Å². The van der Waals surface area contributed by atoms with Crippen molar-refractivity contribution in [2.24, 2.45) is 5.73 Å². The number of hydrogen-bond acceptors (Lipinski definition) is 6. The maximum atomic E-state index is 12.9. The van der Waals surface area contributed by atoms with Gasteiger partial charge in [0.05, 0.1) is 5.69 Å². The van der Waals surface area contributed by atoms with E-state index in [9.17, 15) is 9.59 Å². The van der Waals surface area contributed by atoms with E-state index in [1.54, 1.807) is 23.2 Å². The second-order valence-corrected chi connectivity index (χ2v) is 8.83. The Kier molecular flexibility index (Phi) is 8.28. The summed E-state index contributed by atoms with van der Waals surface area (Å²) in [6.07, 6.45) is 3.88. The van der Waals surface area contributed by atoms with E-state index in [1.165, 1.54) is 0 Å². The maximum absolute atomic E-state index is 12.9. The molecule has 3 N–H and O–H groups in total. The summed E-state index contributed by atoms with van der Waals surface area (Å²) in [4.78, 5) is 37.7. The highest BCUT2D eigenvalue weighted by Gasteiger charge is 2.24. The molecular weight excluding hydrogens is 464 g/mol. The van der Waals surface area contributed by atoms with Crippen LogP contribution in [-0.2, 0) is 4.79 Å². The monoisotopic (exact) mass is 492 g/mol. The number of nitrogens with one attached hydrogen (secondary N) is 1. The smallest absolute Gasteiger partial charge is 0.253 e. The summed E-state index contributed by atoms with van der Waals surface area (Å²) in [5, 5.41) is 3.86. The van der Waals surface area contributed by atoms with E-state index in [4.69, 9.17) is 17.3 Å². The summed E-state index contributed by atoms with van der Waals surface area (Å²) < 4.78 is 0. The van der Waals surface area contributed by atoms with Gasteiger partial charge in [0.25, 0.3) is 5.91 Å². The highest BCUT2D eigenvalue weighted by molar-refractivity contribution is 6.30. The van der Waals surface area contributed by atoms with E-state index >= 15 is 0 Å². The Morgan fingerprint density at radius 3 is 2.29 bits per heavy atom. The molecule has 1 aliphatic heterocycles. The molecule has 0 unspecified atom stereocenters. The lowest BCUT2D eigenvalue weighted by Crippen LogP contribution is -2.50. The predicted molar refractivity (Wildman–Crippen MR) is 138 cm³/mol. The van der Waals surface area contributed by atoms with Gasteiger partial charge in [0, 0.05) is 60.6 Å². The fraction of sp³-hybridized carbons (Fsp3) is 0.308. The van der Waals surface area contributed by atoms with Crippen LogP contribution >= 0.6 is 11.6 Å². The van der Waals surface area contributed by atoms with Crippen molar-refractivity contribution < 1.29 is 9.59 Å². The van der Waals surface area contributed by atoms with E-state index in [-0.39, 0.29) is 11.8 Å². The fourth-order valence-electron chi connectivity index (χ4n) is 3.95. The zero-order chi connectivity index (χ0) is 24.6. The van der Waals surface area contributed by atoms with Crippen LogP contribution in [0.2, 0.25) is 5.02 Å². The molecule has 0 aliphatic carbocycles. The Labute approximate surface area is 210 Å². The van der Waals surface area contributed by atoms with E-state index in [1.807, 2.05) is 47.4 Å². The van der Waals surface area contributed by atoms with Gasteiger partial charge in [-0.1, -0.05) is 23.7 Å². The minimum absolute atomic E-state index is 0.0345. The lowest BCUT2D eigenvalue weighted by Gasteiger charge is -2.35. The Bertz CT molecular complexity index is 1150. The van der Waals surface area contributed by atoms with Gasteiger partial charge in [0.1, 0.15) is 0 Å². The van der Waals surface area contributed by atoms with E-state index < -0.39 is 0 Å². The average molecular weight is 493 g/mol. The third-order valence-corrected chi connectivity index (χ3v) is 6.20. The molecule has 1 fully saturated rings. The molecular formula is C26H29ClN6O2. The van der Waals surface area contributed by atoms with E-state index in [2.05, 4.69) is 15.3 Å². The predicted octanol–water partition coefficient (Wildman–Crippen LogP) is 3.95. The molecule has 1 aromatic heterocycles. The number of carbonyl (C=O) groups is 2. The van der Waals surface area contributed by atoms with Crippen LogP contribution in [-0.4, -0.2) is 64.3 Å². The SMILES string of the molecule is NCCCCC(=O)N1CCN(C(=O)c2ccc(Nc3nccc(-c4ccc(Cl)cc4)n3)cc2)CC1. The number of unbranched alkanes of at least 4 members (excludes halogenated alkanes) is 1. The molecule has 2 heterocycles. The minimum Gasteiger partial charge on any atom is -0.339 e. The highest BCUT2D eigenvalue weighted by atomic mass is 35.5. The van der Waals surface area contributed by atoms with Crippen LogP contribution < -0.4 is 11.1 Å². The number of hydrogen-bond donors (Lipinski definition) is 2. The Hall–Kier alpha value is -3.49. The number of piperazine rings is 1. The number of anilines is 2. The third kappa shape index (κ3) is 6.55. The number of nitrogens with zero attached hydrogens (tertiary/aromatic N) is 4. The van der Waals surface area contributed by atoms with Crippen molar-refractivity contribution in [3.63, 3.8) is 0 Å². The first-order valence-electron chi connectivity index (χ1n) is 11.8. The number of amides is 2. The second kappa shape index (κ2) is 11.8.